The molecule has 0 aliphatic heterocycles. The summed E-state index contributed by atoms with van der Waals surface area (Å²) < 4.78 is 0. The van der Waals surface area contributed by atoms with Crippen LogP contribution in [0.1, 0.15) is 12.0 Å². The van der Waals surface area contributed by atoms with E-state index in [1.807, 2.05) is 0 Å². The topological polar surface area (TPSA) is 29.3 Å². The molecule has 0 aliphatic rings. The summed E-state index contributed by atoms with van der Waals surface area (Å²) in [6, 6.07) is 8.33. The lowest BCUT2D eigenvalue weighted by molar-refractivity contribution is 1.01. The van der Waals surface area contributed by atoms with Crippen LogP contribution < -0.4 is 10.6 Å². The Morgan fingerprint density at radius 2 is 2.00 bits per heavy atom. The third-order valence-electron chi connectivity index (χ3n) is 2.05. The average molecular weight is 190 g/mol. The molecule has 0 bridgehead atoms. The van der Waals surface area contributed by atoms with E-state index in [9.17, 15) is 0 Å². The quantitative estimate of drug-likeness (QED) is 0.788. The van der Waals surface area contributed by atoms with Gasteiger partial charge in [0.15, 0.2) is 0 Å². The number of benzene rings is 1. The summed E-state index contributed by atoms with van der Waals surface area (Å²) in [5.41, 5.74) is 7.91. The fourth-order valence-corrected chi connectivity index (χ4v) is 1.34. The number of rotatable bonds is 4. The molecule has 76 valence electrons. The molecule has 0 aliphatic carbocycles. The standard InChI is InChI=1S/C12H18N2/c1-14(2)12-9-4-3-7-11(12)8-5-6-10-13/h3-5,7-9H,6,10,13H2,1-2H3. The van der Waals surface area contributed by atoms with Crippen molar-refractivity contribution in [3.8, 4) is 0 Å². The number of hydrogen-bond donors (Lipinski definition) is 1. The molecule has 2 N–H and O–H groups in total. The first kappa shape index (κ1) is 10.8. The van der Waals surface area contributed by atoms with Crippen LogP contribution in [0.3, 0.4) is 0 Å². The van der Waals surface area contributed by atoms with Crippen LogP contribution in [0.4, 0.5) is 5.69 Å². The molecule has 0 unspecified atom stereocenters. The van der Waals surface area contributed by atoms with Crippen molar-refractivity contribution in [2.24, 2.45) is 5.73 Å². The Labute approximate surface area is 86.0 Å². The highest BCUT2D eigenvalue weighted by Crippen LogP contribution is 2.19. The molecule has 0 aromatic heterocycles. The number of nitrogens with zero attached hydrogens (tertiary/aromatic N) is 1. The molecule has 14 heavy (non-hydrogen) atoms. The largest absolute Gasteiger partial charge is 0.377 e. The zero-order valence-electron chi connectivity index (χ0n) is 8.90. The van der Waals surface area contributed by atoms with E-state index in [1.165, 1.54) is 11.3 Å². The predicted molar refractivity (Wildman–Crippen MR) is 63.5 cm³/mol. The Hall–Kier alpha value is -1.28. The van der Waals surface area contributed by atoms with E-state index in [0.29, 0.717) is 6.54 Å². The first-order valence-corrected chi connectivity index (χ1v) is 4.88. The molecule has 0 heterocycles. The van der Waals surface area contributed by atoms with Gasteiger partial charge in [-0.25, -0.2) is 0 Å². The molecule has 0 radical (unpaired) electrons. The van der Waals surface area contributed by atoms with Crippen LogP contribution in [0.15, 0.2) is 30.3 Å². The van der Waals surface area contributed by atoms with Crippen molar-refractivity contribution in [2.75, 3.05) is 25.5 Å². The molecular weight excluding hydrogens is 172 g/mol. The Balaban J connectivity index is 2.84. The second-order valence-electron chi connectivity index (χ2n) is 3.43. The third-order valence-corrected chi connectivity index (χ3v) is 2.05. The normalized spacial score (nSPS) is 10.8. The lowest BCUT2D eigenvalue weighted by Gasteiger charge is -2.15. The second-order valence-corrected chi connectivity index (χ2v) is 3.43. The zero-order valence-corrected chi connectivity index (χ0v) is 8.90. The second kappa shape index (κ2) is 5.45. The van der Waals surface area contributed by atoms with Gasteiger partial charge in [0, 0.05) is 19.8 Å². The Morgan fingerprint density at radius 3 is 2.64 bits per heavy atom. The van der Waals surface area contributed by atoms with E-state index in [2.05, 4.69) is 55.4 Å². The molecule has 0 saturated heterocycles. The molecule has 1 aromatic rings. The molecule has 0 spiro atoms. The molecule has 2 nitrogen and oxygen atoms in total. The smallest absolute Gasteiger partial charge is 0.0434 e. The summed E-state index contributed by atoms with van der Waals surface area (Å²) in [4.78, 5) is 2.11. The first-order chi connectivity index (χ1) is 6.75. The van der Waals surface area contributed by atoms with Gasteiger partial charge in [0.05, 0.1) is 0 Å². The zero-order chi connectivity index (χ0) is 10.4. The van der Waals surface area contributed by atoms with Crippen LogP contribution in [-0.4, -0.2) is 20.6 Å². The van der Waals surface area contributed by atoms with Gasteiger partial charge in [0.25, 0.3) is 0 Å². The molecule has 1 rings (SSSR count). The van der Waals surface area contributed by atoms with Crippen LogP contribution >= 0.6 is 0 Å². The van der Waals surface area contributed by atoms with E-state index in [1.54, 1.807) is 0 Å². The maximum Gasteiger partial charge on any atom is 0.0434 e. The van der Waals surface area contributed by atoms with E-state index >= 15 is 0 Å². The van der Waals surface area contributed by atoms with Crippen LogP contribution in [0.2, 0.25) is 0 Å². The van der Waals surface area contributed by atoms with Crippen LogP contribution in [0.25, 0.3) is 6.08 Å². The first-order valence-electron chi connectivity index (χ1n) is 4.88. The maximum absolute atomic E-state index is 5.43. The van der Waals surface area contributed by atoms with Crippen molar-refractivity contribution in [1.29, 1.82) is 0 Å². The summed E-state index contributed by atoms with van der Waals surface area (Å²) in [5, 5.41) is 0. The molecule has 1 aromatic carbocycles. The highest BCUT2D eigenvalue weighted by atomic mass is 15.1. The summed E-state index contributed by atoms with van der Waals surface area (Å²) in [7, 11) is 4.10. The van der Waals surface area contributed by atoms with Crippen LogP contribution in [-0.2, 0) is 0 Å². The minimum Gasteiger partial charge on any atom is -0.377 e. The van der Waals surface area contributed by atoms with Crippen molar-refractivity contribution in [3.05, 3.63) is 35.9 Å². The average Bonchev–Trinajstić information content (AvgIpc) is 2.19. The monoisotopic (exact) mass is 190 g/mol. The van der Waals surface area contributed by atoms with Crippen molar-refractivity contribution >= 4 is 11.8 Å². The van der Waals surface area contributed by atoms with Crippen molar-refractivity contribution in [3.63, 3.8) is 0 Å². The molecule has 2 heteroatoms. The van der Waals surface area contributed by atoms with Gasteiger partial charge in [-0.05, 0) is 24.6 Å². The van der Waals surface area contributed by atoms with Gasteiger partial charge in [-0.15, -0.1) is 0 Å². The highest BCUT2D eigenvalue weighted by Gasteiger charge is 1.98. The Bertz CT molecular complexity index is 303. The van der Waals surface area contributed by atoms with E-state index in [0.717, 1.165) is 6.42 Å². The molecule has 0 amide bonds. The Morgan fingerprint density at radius 1 is 1.29 bits per heavy atom. The lowest BCUT2D eigenvalue weighted by atomic mass is 10.1. The predicted octanol–water partition coefficient (Wildman–Crippen LogP) is 2.11. The number of hydrogen-bond acceptors (Lipinski definition) is 2. The summed E-state index contributed by atoms with van der Waals surface area (Å²) in [6.07, 6.45) is 5.17. The van der Waals surface area contributed by atoms with E-state index < -0.39 is 0 Å². The summed E-state index contributed by atoms with van der Waals surface area (Å²) >= 11 is 0. The van der Waals surface area contributed by atoms with E-state index in [4.69, 9.17) is 5.73 Å². The summed E-state index contributed by atoms with van der Waals surface area (Å²) in [6.45, 7) is 0.709. The van der Waals surface area contributed by atoms with Gasteiger partial charge in [-0.3, -0.25) is 0 Å². The number of para-hydroxylation sites is 1. The van der Waals surface area contributed by atoms with E-state index in [-0.39, 0.29) is 0 Å². The maximum atomic E-state index is 5.43. The SMILES string of the molecule is CN(C)c1ccccc1C=CCCN. The van der Waals surface area contributed by atoms with Gasteiger partial charge < -0.3 is 10.6 Å². The molecule has 0 saturated carbocycles. The van der Waals surface area contributed by atoms with Gasteiger partial charge in [0.1, 0.15) is 0 Å². The minimum atomic E-state index is 0.709. The molecule has 0 fully saturated rings. The number of nitrogens with two attached hydrogens (primary N) is 1. The molecule has 0 atom stereocenters. The fraction of sp³-hybridized carbons (Fsp3) is 0.333. The summed E-state index contributed by atoms with van der Waals surface area (Å²) in [5.74, 6) is 0. The van der Waals surface area contributed by atoms with Crippen molar-refractivity contribution < 1.29 is 0 Å². The van der Waals surface area contributed by atoms with Gasteiger partial charge in [-0.1, -0.05) is 30.4 Å². The van der Waals surface area contributed by atoms with Crippen LogP contribution in [0.5, 0.6) is 0 Å². The fourth-order valence-electron chi connectivity index (χ4n) is 1.34. The van der Waals surface area contributed by atoms with Gasteiger partial charge in [-0.2, -0.15) is 0 Å². The number of anilines is 1. The van der Waals surface area contributed by atoms with Crippen LogP contribution in [0, 0.1) is 0 Å². The van der Waals surface area contributed by atoms with Gasteiger partial charge >= 0.3 is 0 Å². The minimum absolute atomic E-state index is 0.709. The third kappa shape index (κ3) is 2.89. The van der Waals surface area contributed by atoms with Crippen molar-refractivity contribution in [2.45, 2.75) is 6.42 Å². The molecular formula is C12H18N2. The van der Waals surface area contributed by atoms with Gasteiger partial charge in [0.2, 0.25) is 0 Å². The Kier molecular flexibility index (Phi) is 4.20. The lowest BCUT2D eigenvalue weighted by Crippen LogP contribution is -2.09. The van der Waals surface area contributed by atoms with Crippen molar-refractivity contribution in [1.82, 2.24) is 0 Å². The highest BCUT2D eigenvalue weighted by molar-refractivity contribution is 5.67.